The van der Waals surface area contributed by atoms with Gasteiger partial charge in [0.05, 0.1) is 36.5 Å². The molecule has 2 heterocycles. The van der Waals surface area contributed by atoms with Gasteiger partial charge >= 0.3 is 0 Å². The first kappa shape index (κ1) is 11.9. The van der Waals surface area contributed by atoms with Gasteiger partial charge in [0.15, 0.2) is 0 Å². The molecule has 0 spiro atoms. The molecule has 0 saturated carbocycles. The maximum atomic E-state index is 8.97. The van der Waals surface area contributed by atoms with Crippen molar-refractivity contribution in [2.75, 3.05) is 19.7 Å². The molecule has 19 heavy (non-hydrogen) atoms. The summed E-state index contributed by atoms with van der Waals surface area (Å²) in [6.45, 7) is 2.37. The second-order valence-electron chi connectivity index (χ2n) is 4.41. The number of nitrogens with one attached hydrogen (secondary N) is 1. The maximum Gasteiger partial charge on any atom is 0.112 e. The highest BCUT2D eigenvalue weighted by Crippen LogP contribution is 2.22. The molecule has 5 heteroatoms. The van der Waals surface area contributed by atoms with Crippen LogP contribution in [0.4, 0.5) is 0 Å². The van der Waals surface area contributed by atoms with Gasteiger partial charge < -0.3 is 14.6 Å². The number of benzene rings is 1. The molecule has 3 rings (SSSR count). The fourth-order valence-electron chi connectivity index (χ4n) is 2.24. The second-order valence-corrected chi connectivity index (χ2v) is 4.41. The second kappa shape index (κ2) is 5.22. The van der Waals surface area contributed by atoms with E-state index in [9.17, 15) is 0 Å². The van der Waals surface area contributed by atoms with E-state index in [1.54, 1.807) is 12.4 Å². The van der Waals surface area contributed by atoms with Crippen molar-refractivity contribution in [2.45, 2.75) is 6.10 Å². The van der Waals surface area contributed by atoms with Gasteiger partial charge in [-0.3, -0.25) is 0 Å². The van der Waals surface area contributed by atoms with E-state index < -0.39 is 0 Å². The predicted octanol–water partition coefficient (Wildman–Crippen LogP) is 1.40. The Morgan fingerprint density at radius 3 is 3.21 bits per heavy atom. The molecule has 5 nitrogen and oxygen atoms in total. The fourth-order valence-corrected chi connectivity index (χ4v) is 2.24. The lowest BCUT2D eigenvalue weighted by Crippen LogP contribution is -2.34. The Bertz CT molecular complexity index is 608. The van der Waals surface area contributed by atoms with Crippen LogP contribution in [0.25, 0.3) is 5.69 Å². The average molecular weight is 254 g/mol. The highest BCUT2D eigenvalue weighted by molar-refractivity contribution is 5.42. The van der Waals surface area contributed by atoms with Crippen LogP contribution >= 0.6 is 0 Å². The summed E-state index contributed by atoms with van der Waals surface area (Å²) in [6.07, 6.45) is 3.57. The maximum absolute atomic E-state index is 8.97. The number of morpholine rings is 1. The molecule has 1 aliphatic heterocycles. The van der Waals surface area contributed by atoms with E-state index in [2.05, 4.69) is 16.4 Å². The van der Waals surface area contributed by atoms with Gasteiger partial charge in [-0.2, -0.15) is 5.26 Å². The van der Waals surface area contributed by atoms with Gasteiger partial charge in [-0.05, 0) is 18.2 Å². The molecule has 0 radical (unpaired) electrons. The number of rotatable bonds is 2. The molecule has 1 aromatic heterocycles. The number of hydrogen-bond acceptors (Lipinski definition) is 4. The number of ether oxygens (including phenoxy) is 1. The van der Waals surface area contributed by atoms with Crippen molar-refractivity contribution >= 4 is 0 Å². The zero-order valence-corrected chi connectivity index (χ0v) is 10.4. The van der Waals surface area contributed by atoms with Crippen molar-refractivity contribution in [1.29, 1.82) is 5.26 Å². The molecule has 2 aromatic rings. The number of nitrogens with zero attached hydrogens (tertiary/aromatic N) is 3. The first-order valence-electron chi connectivity index (χ1n) is 6.23. The van der Waals surface area contributed by atoms with Crippen LogP contribution in [0.5, 0.6) is 0 Å². The molecule has 1 aliphatic rings. The molecular formula is C14H14N4O. The van der Waals surface area contributed by atoms with Crippen molar-refractivity contribution in [2.24, 2.45) is 0 Å². The third-order valence-corrected chi connectivity index (χ3v) is 3.18. The van der Waals surface area contributed by atoms with Gasteiger partial charge in [0.25, 0.3) is 0 Å². The largest absolute Gasteiger partial charge is 0.369 e. The standard InChI is InChI=1S/C14H14N4O/c15-7-11-2-1-3-12(6-11)18-10-17-8-13(18)14-9-16-4-5-19-14/h1-3,6,8,10,14,16H,4-5,9H2. The van der Waals surface area contributed by atoms with Gasteiger partial charge in [0.1, 0.15) is 6.10 Å². The van der Waals surface area contributed by atoms with Crippen molar-refractivity contribution in [3.8, 4) is 11.8 Å². The number of nitriles is 1. The predicted molar refractivity (Wildman–Crippen MR) is 69.8 cm³/mol. The monoisotopic (exact) mass is 254 g/mol. The van der Waals surface area contributed by atoms with Gasteiger partial charge in [-0.1, -0.05) is 6.07 Å². The molecule has 0 aliphatic carbocycles. The third-order valence-electron chi connectivity index (χ3n) is 3.18. The van der Waals surface area contributed by atoms with Crippen LogP contribution in [0, 0.1) is 11.3 Å². The van der Waals surface area contributed by atoms with E-state index in [0.29, 0.717) is 12.2 Å². The SMILES string of the molecule is N#Cc1cccc(-n2cncc2C2CNCCO2)c1. The van der Waals surface area contributed by atoms with Crippen LogP contribution in [0.2, 0.25) is 0 Å². The Morgan fingerprint density at radius 2 is 2.42 bits per heavy atom. The quantitative estimate of drug-likeness (QED) is 0.880. The molecule has 0 amide bonds. The minimum atomic E-state index is 0.00184. The Kier molecular flexibility index (Phi) is 3.27. The molecule has 1 fully saturated rings. The van der Waals surface area contributed by atoms with E-state index in [1.807, 2.05) is 29.0 Å². The number of hydrogen-bond donors (Lipinski definition) is 1. The molecule has 1 atom stereocenters. The highest BCUT2D eigenvalue weighted by Gasteiger charge is 2.20. The summed E-state index contributed by atoms with van der Waals surface area (Å²) in [5.74, 6) is 0. The van der Waals surface area contributed by atoms with E-state index in [-0.39, 0.29) is 6.10 Å². The van der Waals surface area contributed by atoms with Crippen LogP contribution in [0.15, 0.2) is 36.8 Å². The van der Waals surface area contributed by atoms with E-state index in [0.717, 1.165) is 24.5 Å². The Balaban J connectivity index is 1.97. The number of imidazole rings is 1. The molecule has 1 saturated heterocycles. The van der Waals surface area contributed by atoms with Gasteiger partial charge in [-0.25, -0.2) is 4.98 Å². The summed E-state index contributed by atoms with van der Waals surface area (Å²) in [5, 5.41) is 12.3. The van der Waals surface area contributed by atoms with E-state index in [1.165, 1.54) is 0 Å². The lowest BCUT2D eigenvalue weighted by molar-refractivity contribution is 0.0240. The molecular weight excluding hydrogens is 240 g/mol. The Labute approximate surface area is 111 Å². The van der Waals surface area contributed by atoms with Crippen LogP contribution in [0.3, 0.4) is 0 Å². The smallest absolute Gasteiger partial charge is 0.112 e. The van der Waals surface area contributed by atoms with Crippen LogP contribution in [-0.2, 0) is 4.74 Å². The average Bonchev–Trinajstić information content (AvgIpc) is 2.98. The van der Waals surface area contributed by atoms with Crippen molar-refractivity contribution in [3.05, 3.63) is 48.0 Å². The normalized spacial score (nSPS) is 19.0. The van der Waals surface area contributed by atoms with E-state index >= 15 is 0 Å². The summed E-state index contributed by atoms with van der Waals surface area (Å²) in [5.41, 5.74) is 2.57. The Morgan fingerprint density at radius 1 is 1.47 bits per heavy atom. The minimum absolute atomic E-state index is 0.00184. The molecule has 1 unspecified atom stereocenters. The lowest BCUT2D eigenvalue weighted by Gasteiger charge is -2.24. The third kappa shape index (κ3) is 2.36. The Hall–Kier alpha value is -2.16. The molecule has 0 bridgehead atoms. The topological polar surface area (TPSA) is 62.9 Å². The van der Waals surface area contributed by atoms with Gasteiger partial charge in [-0.15, -0.1) is 0 Å². The summed E-state index contributed by atoms with van der Waals surface area (Å²) in [7, 11) is 0. The fraction of sp³-hybridized carbons (Fsp3) is 0.286. The van der Waals surface area contributed by atoms with Crippen LogP contribution < -0.4 is 5.32 Å². The summed E-state index contributed by atoms with van der Waals surface area (Å²) >= 11 is 0. The first-order valence-corrected chi connectivity index (χ1v) is 6.23. The van der Waals surface area contributed by atoms with Crippen molar-refractivity contribution in [1.82, 2.24) is 14.9 Å². The van der Waals surface area contributed by atoms with Gasteiger partial charge in [0, 0.05) is 18.8 Å². The zero-order valence-electron chi connectivity index (χ0n) is 10.4. The minimum Gasteiger partial charge on any atom is -0.369 e. The van der Waals surface area contributed by atoms with Crippen molar-refractivity contribution < 1.29 is 4.74 Å². The summed E-state index contributed by atoms with van der Waals surface area (Å²) in [4.78, 5) is 4.20. The number of aromatic nitrogens is 2. The summed E-state index contributed by atoms with van der Waals surface area (Å²) in [6, 6.07) is 9.62. The van der Waals surface area contributed by atoms with Gasteiger partial charge in [0.2, 0.25) is 0 Å². The van der Waals surface area contributed by atoms with Crippen LogP contribution in [-0.4, -0.2) is 29.2 Å². The highest BCUT2D eigenvalue weighted by atomic mass is 16.5. The van der Waals surface area contributed by atoms with E-state index in [4.69, 9.17) is 10.00 Å². The summed E-state index contributed by atoms with van der Waals surface area (Å²) < 4.78 is 7.72. The molecule has 96 valence electrons. The van der Waals surface area contributed by atoms with Crippen LogP contribution in [0.1, 0.15) is 17.4 Å². The zero-order chi connectivity index (χ0) is 13.1. The molecule has 1 aromatic carbocycles. The lowest BCUT2D eigenvalue weighted by atomic mass is 10.2. The first-order chi connectivity index (χ1) is 9.38. The van der Waals surface area contributed by atoms with Crippen molar-refractivity contribution in [3.63, 3.8) is 0 Å². The molecule has 1 N–H and O–H groups in total.